The Morgan fingerprint density at radius 1 is 0.660 bits per heavy atom. The molecule has 6 rings (SSSR count). The average Bonchev–Trinajstić information content (AvgIpc) is 3.66. The van der Waals surface area contributed by atoms with Crippen molar-refractivity contribution >= 4 is 31.3 Å². The van der Waals surface area contributed by atoms with Crippen LogP contribution in [0.15, 0.2) is 88.2 Å². The Morgan fingerprint density at radius 3 is 1.60 bits per heavy atom. The summed E-state index contributed by atoms with van der Waals surface area (Å²) >= 11 is -2.82. The van der Waals surface area contributed by atoms with Gasteiger partial charge in [-0.1, -0.05) is 0 Å². The first-order chi connectivity index (χ1) is 22.6. The Hall–Kier alpha value is -2.31. The molecule has 0 nitrogen and oxygen atoms in total. The molecule has 0 spiro atoms. The summed E-state index contributed by atoms with van der Waals surface area (Å²) in [6.07, 6.45) is 9.33. The normalized spacial score (nSPS) is 13.5. The number of aryl methyl sites for hydroxylation is 1. The first kappa shape index (κ1) is 40.5. The van der Waals surface area contributed by atoms with Gasteiger partial charge in [-0.05, 0) is 0 Å². The van der Waals surface area contributed by atoms with E-state index in [9.17, 15) is 0 Å². The van der Waals surface area contributed by atoms with Crippen molar-refractivity contribution < 1.29 is 21.3 Å². The van der Waals surface area contributed by atoms with Crippen LogP contribution >= 0.6 is 24.8 Å². The maximum Gasteiger partial charge on any atom is -0.147 e. The standard InChI is InChI=1S/C23H29.C19H22.C5H5.2ClH.Zr/c1-14-9-16-11-17-10-15(2)21(23(6,7)8)13-19(17)18(16)12-20(14)22(3,4)5;1-14(2)18-9-5-16(6-10-18)13-17-7-11-19(12-8-17)15(3)4;1-2-4-5-3-1;;;/h9,12-13H,11H2,1-8H3;5-12,14-15H,1-4H3;1-3H,4H2;2*1H;. The van der Waals surface area contributed by atoms with Gasteiger partial charge in [0.25, 0.3) is 0 Å². The van der Waals surface area contributed by atoms with Crippen LogP contribution in [0.25, 0.3) is 11.1 Å². The number of benzene rings is 4. The van der Waals surface area contributed by atoms with E-state index < -0.39 is 21.3 Å². The van der Waals surface area contributed by atoms with Gasteiger partial charge in [-0.2, -0.15) is 0 Å². The van der Waals surface area contributed by atoms with Crippen LogP contribution in [0.1, 0.15) is 143 Å². The maximum atomic E-state index is 2.60. The minimum atomic E-state index is -2.82. The largest absolute Gasteiger partial charge is 0.147 e. The monoisotopic (exact) mass is 782 g/mol. The Labute approximate surface area is 323 Å². The van der Waals surface area contributed by atoms with E-state index in [1.54, 1.807) is 20.9 Å². The van der Waals surface area contributed by atoms with Gasteiger partial charge in [0, 0.05) is 0 Å². The molecule has 0 amide bonds. The zero-order chi connectivity index (χ0) is 34.7. The molecule has 4 aromatic carbocycles. The van der Waals surface area contributed by atoms with E-state index >= 15 is 0 Å². The molecule has 0 aliphatic heterocycles. The molecule has 0 fully saturated rings. The Morgan fingerprint density at radius 2 is 1.16 bits per heavy atom. The first-order valence-electron chi connectivity index (χ1n) is 18.2. The zero-order valence-corrected chi connectivity index (χ0v) is 36.6. The van der Waals surface area contributed by atoms with Gasteiger partial charge in [-0.15, -0.1) is 24.8 Å². The van der Waals surface area contributed by atoms with Crippen LogP contribution in [0.2, 0.25) is 0 Å². The summed E-state index contributed by atoms with van der Waals surface area (Å²) in [7, 11) is 0. The summed E-state index contributed by atoms with van der Waals surface area (Å²) in [5.74, 6) is 1.03. The minimum Gasteiger partial charge on any atom is -0.147 e. The van der Waals surface area contributed by atoms with Crippen LogP contribution in [0.5, 0.6) is 0 Å². The molecule has 0 N–H and O–H groups in total. The molecule has 0 aromatic heterocycles. The molecule has 0 radical (unpaired) electrons. The van der Waals surface area contributed by atoms with Gasteiger partial charge < -0.3 is 0 Å². The van der Waals surface area contributed by atoms with Crippen molar-refractivity contribution in [3.63, 3.8) is 0 Å². The smallest absolute Gasteiger partial charge is 0.147 e. The van der Waals surface area contributed by atoms with Gasteiger partial charge in [0.15, 0.2) is 0 Å². The third-order valence-electron chi connectivity index (χ3n) is 10.7. The molecular formula is C47H58Cl2Zr. The van der Waals surface area contributed by atoms with E-state index in [0.29, 0.717) is 11.8 Å². The van der Waals surface area contributed by atoms with Crippen LogP contribution in [0, 0.1) is 13.8 Å². The second-order valence-corrected chi connectivity index (χ2v) is 23.0. The summed E-state index contributed by atoms with van der Waals surface area (Å²) in [6, 6.07) is 27.0. The molecule has 0 heterocycles. The molecule has 0 saturated heterocycles. The number of halogens is 2. The Kier molecular flexibility index (Phi) is 12.4. The summed E-state index contributed by atoms with van der Waals surface area (Å²) in [5.41, 5.74) is 17.8. The van der Waals surface area contributed by atoms with Crippen LogP contribution in [0.3, 0.4) is 0 Å². The third-order valence-corrected chi connectivity index (χ3v) is 18.8. The number of rotatable bonds is 6. The third kappa shape index (κ3) is 7.73. The van der Waals surface area contributed by atoms with Gasteiger partial charge in [0.05, 0.1) is 0 Å². The molecular weight excluding hydrogens is 727 g/mol. The fourth-order valence-electron chi connectivity index (χ4n) is 8.14. The quantitative estimate of drug-likeness (QED) is 0.161. The minimum absolute atomic E-state index is 0. The molecule has 0 saturated carbocycles. The van der Waals surface area contributed by atoms with Crippen molar-refractivity contribution in [3.8, 4) is 11.1 Å². The van der Waals surface area contributed by atoms with Crippen molar-refractivity contribution in [2.45, 2.75) is 119 Å². The van der Waals surface area contributed by atoms with Crippen molar-refractivity contribution in [2.75, 3.05) is 0 Å². The molecule has 0 atom stereocenters. The zero-order valence-electron chi connectivity index (χ0n) is 32.5. The SMILES string of the molecule is Cc1cc2c(cc1C(C)(C)C)-c1cc(C(C)(C)C)c(C)[c]([Zr]([C]3=CC=CC3)=[C](c3ccc(C(C)C)cc3)c3ccc(C(C)C)cc3)c1C2.Cl.Cl. The van der Waals surface area contributed by atoms with Crippen molar-refractivity contribution in [1.82, 2.24) is 0 Å². The Bertz CT molecular complexity index is 1920. The molecule has 0 unspecified atom stereocenters. The van der Waals surface area contributed by atoms with E-state index in [-0.39, 0.29) is 35.6 Å². The van der Waals surface area contributed by atoms with E-state index in [1.807, 2.05) is 0 Å². The van der Waals surface area contributed by atoms with Gasteiger partial charge in [-0.3, -0.25) is 0 Å². The van der Waals surface area contributed by atoms with Crippen LogP contribution in [-0.2, 0) is 38.5 Å². The maximum absolute atomic E-state index is 2.82. The second-order valence-electron chi connectivity index (χ2n) is 17.1. The van der Waals surface area contributed by atoms with Gasteiger partial charge in [-0.25, -0.2) is 0 Å². The fourth-order valence-corrected chi connectivity index (χ4v) is 16.6. The second kappa shape index (κ2) is 15.4. The van der Waals surface area contributed by atoms with Crippen molar-refractivity contribution in [3.05, 3.63) is 144 Å². The van der Waals surface area contributed by atoms with Crippen LogP contribution < -0.4 is 3.27 Å². The topological polar surface area (TPSA) is 0 Å². The first-order valence-corrected chi connectivity index (χ1v) is 21.9. The molecule has 50 heavy (non-hydrogen) atoms. The predicted molar refractivity (Wildman–Crippen MR) is 222 cm³/mol. The van der Waals surface area contributed by atoms with E-state index in [4.69, 9.17) is 0 Å². The van der Waals surface area contributed by atoms with Gasteiger partial charge in [0.1, 0.15) is 0 Å². The van der Waals surface area contributed by atoms with Gasteiger partial charge in [0.2, 0.25) is 0 Å². The number of fused-ring (bicyclic) bond motifs is 3. The van der Waals surface area contributed by atoms with Crippen molar-refractivity contribution in [2.24, 2.45) is 0 Å². The average molecular weight is 785 g/mol. The molecule has 0 bridgehead atoms. The van der Waals surface area contributed by atoms with Crippen LogP contribution in [-0.4, -0.2) is 3.21 Å². The fraction of sp³-hybridized carbons (Fsp3) is 0.383. The molecule has 4 aromatic rings. The predicted octanol–water partition coefficient (Wildman–Crippen LogP) is 12.9. The van der Waals surface area contributed by atoms with E-state index in [2.05, 4.69) is 168 Å². The van der Waals surface area contributed by atoms with E-state index in [1.165, 1.54) is 55.6 Å². The molecule has 264 valence electrons. The van der Waals surface area contributed by atoms with Gasteiger partial charge >= 0.3 is 301 Å². The summed E-state index contributed by atoms with van der Waals surface area (Å²) in [6.45, 7) is 28.3. The molecule has 3 heteroatoms. The molecule has 2 aliphatic rings. The summed E-state index contributed by atoms with van der Waals surface area (Å²) < 4.78 is 5.03. The summed E-state index contributed by atoms with van der Waals surface area (Å²) in [4.78, 5) is 0. The molecule has 2 aliphatic carbocycles. The van der Waals surface area contributed by atoms with Crippen LogP contribution in [0.4, 0.5) is 0 Å². The number of hydrogen-bond donors (Lipinski definition) is 0. The van der Waals surface area contributed by atoms with Crippen molar-refractivity contribution in [1.29, 1.82) is 0 Å². The Balaban J connectivity index is 0.00000281. The summed E-state index contributed by atoms with van der Waals surface area (Å²) in [5, 5.41) is 0. The number of hydrogen-bond acceptors (Lipinski definition) is 0. The van der Waals surface area contributed by atoms with E-state index in [0.717, 1.165) is 12.8 Å². The number of allylic oxidation sites excluding steroid dienone is 4.